The molecule has 19 heavy (non-hydrogen) atoms. The lowest BCUT2D eigenvalue weighted by molar-refractivity contribution is 0.228. The van der Waals surface area contributed by atoms with Crippen molar-refractivity contribution in [2.45, 2.75) is 12.5 Å². The molecule has 1 aliphatic rings. The van der Waals surface area contributed by atoms with Crippen LogP contribution in [0.1, 0.15) is 17.2 Å². The van der Waals surface area contributed by atoms with Crippen molar-refractivity contribution in [2.24, 2.45) is 0 Å². The van der Waals surface area contributed by atoms with Crippen molar-refractivity contribution in [1.29, 1.82) is 0 Å². The molecule has 2 nitrogen and oxygen atoms in total. The average molecular weight is 340 g/mol. The Morgan fingerprint density at radius 2 is 2.00 bits per heavy atom. The molecule has 0 saturated heterocycles. The van der Waals surface area contributed by atoms with Gasteiger partial charge < -0.3 is 9.47 Å². The maximum absolute atomic E-state index is 6.08. The van der Waals surface area contributed by atoms with Crippen molar-refractivity contribution >= 4 is 27.5 Å². The van der Waals surface area contributed by atoms with Crippen molar-refractivity contribution in [3.05, 3.63) is 57.0 Å². The number of methoxy groups -OCH3 is 1. The Labute approximate surface area is 125 Å². The van der Waals surface area contributed by atoms with Gasteiger partial charge in [0.05, 0.1) is 7.11 Å². The van der Waals surface area contributed by atoms with Gasteiger partial charge in [-0.1, -0.05) is 39.7 Å². The summed E-state index contributed by atoms with van der Waals surface area (Å²) in [4.78, 5) is 0. The number of ether oxygens (including phenoxy) is 2. The predicted molar refractivity (Wildman–Crippen MR) is 79.2 cm³/mol. The normalized spacial score (nSPS) is 16.9. The molecule has 0 saturated carbocycles. The van der Waals surface area contributed by atoms with Gasteiger partial charge in [0, 0.05) is 27.5 Å². The van der Waals surface area contributed by atoms with E-state index in [1.54, 1.807) is 13.2 Å². The molecule has 0 spiro atoms. The van der Waals surface area contributed by atoms with Gasteiger partial charge in [-0.3, -0.25) is 0 Å². The van der Waals surface area contributed by atoms with Crippen LogP contribution in [-0.2, 0) is 6.42 Å². The number of rotatable bonds is 2. The van der Waals surface area contributed by atoms with Crippen LogP contribution in [0.2, 0.25) is 5.02 Å². The number of halogens is 2. The number of fused-ring (bicyclic) bond motifs is 1. The Bertz CT molecular complexity index is 610. The molecule has 1 atom stereocenters. The zero-order chi connectivity index (χ0) is 13.4. The molecule has 0 radical (unpaired) electrons. The minimum atomic E-state index is 0.0236. The van der Waals surface area contributed by atoms with Crippen molar-refractivity contribution in [1.82, 2.24) is 0 Å². The standard InChI is InChI=1S/C15H12BrClO2/c1-18-14-8-12(17)6-10-7-13(19-15(10)14)9-2-4-11(16)5-3-9/h2-6,8,13H,7H2,1H3. The maximum atomic E-state index is 6.08. The zero-order valence-electron chi connectivity index (χ0n) is 10.3. The monoisotopic (exact) mass is 338 g/mol. The number of hydrogen-bond donors (Lipinski definition) is 0. The fourth-order valence-electron chi connectivity index (χ4n) is 2.31. The van der Waals surface area contributed by atoms with Crippen LogP contribution < -0.4 is 9.47 Å². The van der Waals surface area contributed by atoms with Crippen LogP contribution in [0.15, 0.2) is 40.9 Å². The molecule has 0 fully saturated rings. The lowest BCUT2D eigenvalue weighted by atomic mass is 10.0. The first-order valence-corrected chi connectivity index (χ1v) is 7.13. The summed E-state index contributed by atoms with van der Waals surface area (Å²) >= 11 is 9.52. The quantitative estimate of drug-likeness (QED) is 0.783. The summed E-state index contributed by atoms with van der Waals surface area (Å²) < 4.78 is 12.4. The van der Waals surface area contributed by atoms with Crippen LogP contribution in [-0.4, -0.2) is 7.11 Å². The summed E-state index contributed by atoms with van der Waals surface area (Å²) in [5, 5.41) is 0.677. The third-order valence-corrected chi connectivity index (χ3v) is 3.97. The van der Waals surface area contributed by atoms with E-state index in [2.05, 4.69) is 28.1 Å². The van der Waals surface area contributed by atoms with Crippen LogP contribution in [0.25, 0.3) is 0 Å². The average Bonchev–Trinajstić information content (AvgIpc) is 2.82. The highest BCUT2D eigenvalue weighted by atomic mass is 79.9. The zero-order valence-corrected chi connectivity index (χ0v) is 12.7. The van der Waals surface area contributed by atoms with E-state index >= 15 is 0 Å². The topological polar surface area (TPSA) is 18.5 Å². The molecule has 3 rings (SSSR count). The minimum absolute atomic E-state index is 0.0236. The third-order valence-electron chi connectivity index (χ3n) is 3.22. The second-order valence-corrected chi connectivity index (χ2v) is 5.81. The first-order valence-electron chi connectivity index (χ1n) is 5.96. The largest absolute Gasteiger partial charge is 0.493 e. The smallest absolute Gasteiger partial charge is 0.165 e. The van der Waals surface area contributed by atoms with E-state index < -0.39 is 0 Å². The predicted octanol–water partition coefficient (Wildman–Crippen LogP) is 4.79. The van der Waals surface area contributed by atoms with Gasteiger partial charge in [0.2, 0.25) is 0 Å². The van der Waals surface area contributed by atoms with Gasteiger partial charge in [0.15, 0.2) is 11.5 Å². The van der Waals surface area contributed by atoms with Crippen LogP contribution in [0, 0.1) is 0 Å². The van der Waals surface area contributed by atoms with Gasteiger partial charge in [0.1, 0.15) is 6.10 Å². The Morgan fingerprint density at radius 1 is 1.26 bits per heavy atom. The van der Waals surface area contributed by atoms with Crippen molar-refractivity contribution in [3.8, 4) is 11.5 Å². The van der Waals surface area contributed by atoms with Crippen LogP contribution in [0.4, 0.5) is 0 Å². The molecule has 0 bridgehead atoms. The summed E-state index contributed by atoms with van der Waals surface area (Å²) in [7, 11) is 1.63. The molecular formula is C15H12BrClO2. The first kappa shape index (κ1) is 12.8. The molecule has 2 aromatic carbocycles. The summed E-state index contributed by atoms with van der Waals surface area (Å²) in [6.45, 7) is 0. The van der Waals surface area contributed by atoms with Gasteiger partial charge in [-0.05, 0) is 23.8 Å². The van der Waals surface area contributed by atoms with E-state index in [1.165, 1.54) is 0 Å². The van der Waals surface area contributed by atoms with Gasteiger partial charge in [-0.2, -0.15) is 0 Å². The molecule has 0 aliphatic carbocycles. The number of benzene rings is 2. The van der Waals surface area contributed by atoms with Crippen molar-refractivity contribution in [3.63, 3.8) is 0 Å². The second kappa shape index (κ2) is 5.06. The Balaban J connectivity index is 1.93. The highest BCUT2D eigenvalue weighted by molar-refractivity contribution is 9.10. The van der Waals surface area contributed by atoms with E-state index in [9.17, 15) is 0 Å². The number of hydrogen-bond acceptors (Lipinski definition) is 2. The van der Waals surface area contributed by atoms with Crippen LogP contribution in [0.5, 0.6) is 11.5 Å². The van der Waals surface area contributed by atoms with Crippen molar-refractivity contribution in [2.75, 3.05) is 7.11 Å². The van der Waals surface area contributed by atoms with Crippen molar-refractivity contribution < 1.29 is 9.47 Å². The lowest BCUT2D eigenvalue weighted by Crippen LogP contribution is -2.02. The summed E-state index contributed by atoms with van der Waals surface area (Å²) in [6, 6.07) is 11.9. The summed E-state index contributed by atoms with van der Waals surface area (Å²) in [5.74, 6) is 1.50. The molecule has 4 heteroatoms. The van der Waals surface area contributed by atoms with Gasteiger partial charge in [-0.25, -0.2) is 0 Å². The molecule has 0 N–H and O–H groups in total. The first-order chi connectivity index (χ1) is 9.17. The van der Waals surface area contributed by atoms with Crippen LogP contribution in [0.3, 0.4) is 0 Å². The Morgan fingerprint density at radius 3 is 2.68 bits per heavy atom. The molecule has 1 heterocycles. The maximum Gasteiger partial charge on any atom is 0.165 e. The molecule has 2 aromatic rings. The van der Waals surface area contributed by atoms with E-state index in [1.807, 2.05) is 18.2 Å². The van der Waals surface area contributed by atoms with Gasteiger partial charge in [-0.15, -0.1) is 0 Å². The van der Waals surface area contributed by atoms with E-state index in [4.69, 9.17) is 21.1 Å². The molecule has 1 aliphatic heterocycles. The summed E-state index contributed by atoms with van der Waals surface area (Å²) in [6.07, 6.45) is 0.837. The third kappa shape index (κ3) is 2.45. The highest BCUT2D eigenvalue weighted by Crippen LogP contribution is 2.44. The molecular weight excluding hydrogens is 328 g/mol. The molecule has 1 unspecified atom stereocenters. The van der Waals surface area contributed by atoms with E-state index in [0.29, 0.717) is 10.8 Å². The molecule has 0 amide bonds. The fraction of sp³-hybridized carbons (Fsp3) is 0.200. The van der Waals surface area contributed by atoms with E-state index in [-0.39, 0.29) is 6.10 Å². The van der Waals surface area contributed by atoms with Gasteiger partial charge >= 0.3 is 0 Å². The Hall–Kier alpha value is -1.19. The SMILES string of the molecule is COc1cc(Cl)cc2c1OC(c1ccc(Br)cc1)C2. The summed E-state index contributed by atoms with van der Waals surface area (Å²) in [5.41, 5.74) is 2.25. The lowest BCUT2D eigenvalue weighted by Gasteiger charge is -2.12. The highest BCUT2D eigenvalue weighted by Gasteiger charge is 2.27. The fourth-order valence-corrected chi connectivity index (χ4v) is 2.80. The molecule has 98 valence electrons. The molecule has 0 aromatic heterocycles. The Kier molecular flexibility index (Phi) is 3.42. The van der Waals surface area contributed by atoms with Gasteiger partial charge in [0.25, 0.3) is 0 Å². The van der Waals surface area contributed by atoms with E-state index in [0.717, 1.165) is 27.8 Å². The van der Waals surface area contributed by atoms with Crippen LogP contribution >= 0.6 is 27.5 Å². The second-order valence-electron chi connectivity index (χ2n) is 4.46. The minimum Gasteiger partial charge on any atom is -0.493 e.